The number of ether oxygens (including phenoxy) is 1. The minimum Gasteiger partial charge on any atom is -0.427 e. The number of hydrogen-bond acceptors (Lipinski definition) is 3. The maximum atomic E-state index is 10.9. The zero-order valence-electron chi connectivity index (χ0n) is 9.03. The van der Waals surface area contributed by atoms with Crippen molar-refractivity contribution in [3.63, 3.8) is 0 Å². The molecule has 1 N–H and O–H groups in total. The van der Waals surface area contributed by atoms with Gasteiger partial charge in [-0.15, -0.1) is 0 Å². The van der Waals surface area contributed by atoms with E-state index < -0.39 is 0 Å². The Morgan fingerprint density at radius 2 is 2.19 bits per heavy atom. The lowest BCUT2D eigenvalue weighted by Gasteiger charge is -2.00. The zero-order valence-corrected chi connectivity index (χ0v) is 9.03. The lowest BCUT2D eigenvalue weighted by molar-refractivity contribution is -0.131. The predicted molar refractivity (Wildman–Crippen MR) is 59.7 cm³/mol. The molecule has 0 spiro atoms. The number of H-pyrrole nitrogens is 1. The smallest absolute Gasteiger partial charge is 0.308 e. The minimum atomic E-state index is -0.376. The Kier molecular flexibility index (Phi) is 2.48. The number of aromatic nitrogens is 1. The van der Waals surface area contributed by atoms with Gasteiger partial charge in [-0.2, -0.15) is 0 Å². The third kappa shape index (κ3) is 1.69. The highest BCUT2D eigenvalue weighted by Crippen LogP contribution is 2.25. The second kappa shape index (κ2) is 3.81. The summed E-state index contributed by atoms with van der Waals surface area (Å²) < 4.78 is 4.96. The molecule has 0 aliphatic carbocycles. The van der Waals surface area contributed by atoms with Crippen LogP contribution in [-0.2, 0) is 4.79 Å². The van der Waals surface area contributed by atoms with Crippen LogP contribution in [0.5, 0.6) is 5.75 Å². The molecular formula is C12H11NO3. The molecule has 0 bridgehead atoms. The van der Waals surface area contributed by atoms with Gasteiger partial charge in [-0.1, -0.05) is 0 Å². The van der Waals surface area contributed by atoms with Crippen LogP contribution in [0.2, 0.25) is 0 Å². The SMILES string of the molecule is CC(=O)Oc1ccc2[nH]c(C)c(C=O)c2c1. The van der Waals surface area contributed by atoms with E-state index in [1.54, 1.807) is 18.2 Å². The van der Waals surface area contributed by atoms with Crippen LogP contribution in [0.15, 0.2) is 18.2 Å². The fourth-order valence-corrected chi connectivity index (χ4v) is 1.71. The summed E-state index contributed by atoms with van der Waals surface area (Å²) in [6.45, 7) is 3.17. The monoisotopic (exact) mass is 217 g/mol. The number of aromatic amines is 1. The number of nitrogens with one attached hydrogen (secondary N) is 1. The Hall–Kier alpha value is -2.10. The molecule has 4 heteroatoms. The molecule has 82 valence electrons. The summed E-state index contributed by atoms with van der Waals surface area (Å²) >= 11 is 0. The molecule has 0 saturated heterocycles. The number of aldehydes is 1. The lowest BCUT2D eigenvalue weighted by Crippen LogP contribution is -2.00. The van der Waals surface area contributed by atoms with Crippen LogP contribution in [0.3, 0.4) is 0 Å². The van der Waals surface area contributed by atoms with Crippen molar-refractivity contribution in [1.29, 1.82) is 0 Å². The van der Waals surface area contributed by atoms with Gasteiger partial charge in [-0.3, -0.25) is 9.59 Å². The second-order valence-corrected chi connectivity index (χ2v) is 3.58. The van der Waals surface area contributed by atoms with Gasteiger partial charge in [0.2, 0.25) is 0 Å². The molecule has 0 unspecified atom stereocenters. The number of fused-ring (bicyclic) bond motifs is 1. The topological polar surface area (TPSA) is 59.2 Å². The Labute approximate surface area is 92.2 Å². The summed E-state index contributed by atoms with van der Waals surface area (Å²) in [4.78, 5) is 24.8. The first-order valence-electron chi connectivity index (χ1n) is 4.87. The number of rotatable bonds is 2. The number of esters is 1. The van der Waals surface area contributed by atoms with Gasteiger partial charge in [0.15, 0.2) is 6.29 Å². The molecule has 0 radical (unpaired) electrons. The van der Waals surface area contributed by atoms with Crippen LogP contribution in [0.25, 0.3) is 10.9 Å². The van der Waals surface area contributed by atoms with Gasteiger partial charge in [0, 0.05) is 29.1 Å². The van der Waals surface area contributed by atoms with Crippen LogP contribution >= 0.6 is 0 Å². The van der Waals surface area contributed by atoms with E-state index in [2.05, 4.69) is 4.98 Å². The molecule has 1 aromatic heterocycles. The van der Waals surface area contributed by atoms with Crippen LogP contribution in [0.1, 0.15) is 23.0 Å². The molecule has 2 aromatic rings. The highest BCUT2D eigenvalue weighted by Gasteiger charge is 2.09. The predicted octanol–water partition coefficient (Wildman–Crippen LogP) is 2.21. The number of carbonyl (C=O) groups is 2. The molecular weight excluding hydrogens is 206 g/mol. The fourth-order valence-electron chi connectivity index (χ4n) is 1.71. The van der Waals surface area contributed by atoms with Crippen molar-refractivity contribution >= 4 is 23.2 Å². The Balaban J connectivity index is 2.59. The first-order chi connectivity index (χ1) is 7.61. The van der Waals surface area contributed by atoms with Crippen molar-refractivity contribution < 1.29 is 14.3 Å². The fraction of sp³-hybridized carbons (Fsp3) is 0.167. The number of carbonyl (C=O) groups excluding carboxylic acids is 2. The van der Waals surface area contributed by atoms with Crippen molar-refractivity contribution in [3.05, 3.63) is 29.5 Å². The van der Waals surface area contributed by atoms with Gasteiger partial charge in [0.25, 0.3) is 0 Å². The van der Waals surface area contributed by atoms with E-state index in [9.17, 15) is 9.59 Å². The van der Waals surface area contributed by atoms with E-state index in [1.165, 1.54) is 6.92 Å². The van der Waals surface area contributed by atoms with Gasteiger partial charge in [0.05, 0.1) is 0 Å². The molecule has 0 saturated carbocycles. The molecule has 4 nitrogen and oxygen atoms in total. The number of aryl methyl sites for hydroxylation is 1. The molecule has 0 aliphatic heterocycles. The van der Waals surface area contributed by atoms with Gasteiger partial charge in [0.1, 0.15) is 5.75 Å². The van der Waals surface area contributed by atoms with Crippen molar-refractivity contribution in [2.75, 3.05) is 0 Å². The minimum absolute atomic E-state index is 0.376. The van der Waals surface area contributed by atoms with Crippen LogP contribution in [-0.4, -0.2) is 17.2 Å². The molecule has 1 aromatic carbocycles. The summed E-state index contributed by atoms with van der Waals surface area (Å²) in [5.74, 6) is 0.0707. The van der Waals surface area contributed by atoms with E-state index >= 15 is 0 Å². The molecule has 0 amide bonds. The summed E-state index contributed by atoms with van der Waals surface area (Å²) in [7, 11) is 0. The molecule has 0 fully saturated rings. The molecule has 0 atom stereocenters. The van der Waals surface area contributed by atoms with Crippen molar-refractivity contribution in [3.8, 4) is 5.75 Å². The molecule has 2 rings (SSSR count). The van der Waals surface area contributed by atoms with E-state index in [1.807, 2.05) is 6.92 Å². The Morgan fingerprint density at radius 1 is 1.44 bits per heavy atom. The normalized spacial score (nSPS) is 10.4. The Morgan fingerprint density at radius 3 is 2.81 bits per heavy atom. The van der Waals surface area contributed by atoms with E-state index in [0.29, 0.717) is 11.3 Å². The highest BCUT2D eigenvalue weighted by atomic mass is 16.5. The lowest BCUT2D eigenvalue weighted by atomic mass is 10.1. The molecule has 1 heterocycles. The van der Waals surface area contributed by atoms with Gasteiger partial charge in [-0.25, -0.2) is 0 Å². The third-order valence-electron chi connectivity index (χ3n) is 2.39. The van der Waals surface area contributed by atoms with Crippen molar-refractivity contribution in [2.45, 2.75) is 13.8 Å². The standard InChI is InChI=1S/C12H11NO3/c1-7-11(6-14)10-5-9(16-8(2)15)3-4-12(10)13-7/h3-6,13H,1-2H3. The van der Waals surface area contributed by atoms with Gasteiger partial charge < -0.3 is 9.72 Å². The van der Waals surface area contributed by atoms with Gasteiger partial charge >= 0.3 is 5.97 Å². The van der Waals surface area contributed by atoms with Crippen molar-refractivity contribution in [1.82, 2.24) is 4.98 Å². The first-order valence-corrected chi connectivity index (χ1v) is 4.87. The summed E-state index contributed by atoms with van der Waals surface area (Å²) in [6, 6.07) is 5.16. The van der Waals surface area contributed by atoms with Crippen LogP contribution in [0, 0.1) is 6.92 Å². The van der Waals surface area contributed by atoms with Crippen LogP contribution < -0.4 is 4.74 Å². The Bertz CT molecular complexity index is 569. The van der Waals surface area contributed by atoms with E-state index in [4.69, 9.17) is 4.74 Å². The maximum absolute atomic E-state index is 10.9. The van der Waals surface area contributed by atoms with Gasteiger partial charge in [-0.05, 0) is 25.1 Å². The first kappa shape index (κ1) is 10.4. The largest absolute Gasteiger partial charge is 0.427 e. The zero-order chi connectivity index (χ0) is 11.7. The van der Waals surface area contributed by atoms with Crippen molar-refractivity contribution in [2.24, 2.45) is 0 Å². The highest BCUT2D eigenvalue weighted by molar-refractivity contribution is 5.99. The summed E-state index contributed by atoms with van der Waals surface area (Å²) in [6.07, 6.45) is 0.797. The maximum Gasteiger partial charge on any atom is 0.308 e. The average Bonchev–Trinajstić information content (AvgIpc) is 2.52. The summed E-state index contributed by atoms with van der Waals surface area (Å²) in [5, 5.41) is 0.770. The van der Waals surface area contributed by atoms with E-state index in [0.717, 1.165) is 22.9 Å². The van der Waals surface area contributed by atoms with E-state index in [-0.39, 0.29) is 5.97 Å². The molecule has 16 heavy (non-hydrogen) atoms. The molecule has 0 aliphatic rings. The number of benzene rings is 1. The second-order valence-electron chi connectivity index (χ2n) is 3.58. The number of hydrogen-bond donors (Lipinski definition) is 1. The van der Waals surface area contributed by atoms with Crippen LogP contribution in [0.4, 0.5) is 0 Å². The third-order valence-corrected chi connectivity index (χ3v) is 2.39. The average molecular weight is 217 g/mol. The summed E-state index contributed by atoms with van der Waals surface area (Å²) in [5.41, 5.74) is 2.27. The quantitative estimate of drug-likeness (QED) is 0.476.